The van der Waals surface area contributed by atoms with Crippen LogP contribution >= 0.6 is 11.3 Å². The van der Waals surface area contributed by atoms with E-state index in [1.54, 1.807) is 0 Å². The van der Waals surface area contributed by atoms with Crippen molar-refractivity contribution in [3.05, 3.63) is 247 Å². The number of benzene rings is 9. The molecule has 0 fully saturated rings. The summed E-state index contributed by atoms with van der Waals surface area (Å²) in [5, 5.41) is 2.51. The van der Waals surface area contributed by atoms with Crippen LogP contribution in [0.5, 0.6) is 0 Å². The molecule has 62 heavy (non-hydrogen) atoms. The lowest BCUT2D eigenvalue weighted by Crippen LogP contribution is -2.28. The quantitative estimate of drug-likeness (QED) is 0.161. The molecule has 9 aromatic carbocycles. The highest BCUT2D eigenvalue weighted by Gasteiger charge is 2.46. The third kappa shape index (κ3) is 5.76. The number of aromatic nitrogens is 3. The van der Waals surface area contributed by atoms with E-state index in [-0.39, 0.29) is 0 Å². The van der Waals surface area contributed by atoms with Gasteiger partial charge in [-0.3, -0.25) is 0 Å². The third-order valence-corrected chi connectivity index (χ3v) is 13.7. The minimum absolute atomic E-state index is 0.600. The van der Waals surface area contributed by atoms with Gasteiger partial charge in [0.2, 0.25) is 0 Å². The van der Waals surface area contributed by atoms with Crippen molar-refractivity contribution < 1.29 is 0 Å². The lowest BCUT2D eigenvalue weighted by Gasteiger charge is -2.34. The first kappa shape index (κ1) is 36.1. The molecular formula is C58H37N3S. The van der Waals surface area contributed by atoms with Crippen molar-refractivity contribution in [2.75, 3.05) is 0 Å². The molecule has 0 atom stereocenters. The van der Waals surface area contributed by atoms with Crippen molar-refractivity contribution in [2.45, 2.75) is 5.41 Å². The predicted molar refractivity (Wildman–Crippen MR) is 257 cm³/mol. The van der Waals surface area contributed by atoms with E-state index in [2.05, 4.69) is 200 Å². The Labute approximate surface area is 364 Å². The molecule has 3 nitrogen and oxygen atoms in total. The van der Waals surface area contributed by atoms with Crippen LogP contribution in [-0.2, 0) is 5.41 Å². The van der Waals surface area contributed by atoms with Crippen LogP contribution in [0.1, 0.15) is 22.3 Å². The number of hydrogen-bond acceptors (Lipinski definition) is 4. The number of nitrogens with zero attached hydrogens (tertiary/aromatic N) is 3. The zero-order valence-electron chi connectivity index (χ0n) is 33.6. The normalized spacial score (nSPS) is 12.6. The molecule has 1 aliphatic rings. The number of hydrogen-bond donors (Lipinski definition) is 0. The second-order valence-corrected chi connectivity index (χ2v) is 16.9. The predicted octanol–water partition coefficient (Wildman–Crippen LogP) is 14.9. The summed E-state index contributed by atoms with van der Waals surface area (Å²) in [6.45, 7) is 0. The molecule has 2 aromatic heterocycles. The summed E-state index contributed by atoms with van der Waals surface area (Å²) in [4.78, 5) is 16.1. The summed E-state index contributed by atoms with van der Waals surface area (Å²) < 4.78 is 2.51. The number of fused-ring (bicyclic) bond motifs is 6. The van der Waals surface area contributed by atoms with Crippen LogP contribution in [0.4, 0.5) is 0 Å². The molecule has 12 rings (SSSR count). The second kappa shape index (κ2) is 14.7. The summed E-state index contributed by atoms with van der Waals surface area (Å²) in [6, 6.07) is 80.5. The van der Waals surface area contributed by atoms with Gasteiger partial charge in [-0.15, -0.1) is 11.3 Å². The molecule has 4 heteroatoms. The zero-order chi connectivity index (χ0) is 41.0. The van der Waals surface area contributed by atoms with Crippen LogP contribution in [0.15, 0.2) is 224 Å². The van der Waals surface area contributed by atoms with Crippen LogP contribution < -0.4 is 0 Å². The molecule has 0 unspecified atom stereocenters. The molecule has 0 radical (unpaired) electrons. The Kier molecular flexibility index (Phi) is 8.58. The fourth-order valence-electron chi connectivity index (χ4n) is 9.64. The van der Waals surface area contributed by atoms with E-state index in [1.807, 2.05) is 35.6 Å². The Morgan fingerprint density at radius 2 is 0.806 bits per heavy atom. The monoisotopic (exact) mass is 807 g/mol. The Morgan fingerprint density at radius 3 is 1.50 bits per heavy atom. The highest BCUT2D eigenvalue weighted by atomic mass is 32.1. The van der Waals surface area contributed by atoms with Gasteiger partial charge in [-0.25, -0.2) is 15.0 Å². The van der Waals surface area contributed by atoms with E-state index in [0.29, 0.717) is 17.5 Å². The Bertz CT molecular complexity index is 3390. The average Bonchev–Trinajstić information content (AvgIpc) is 3.88. The molecule has 0 spiro atoms. The standard InChI is InChI=1S/C58H37N3S/c1-5-18-38(19-6-1)39-32-34-41(35-33-39)56-59-55(40-20-7-2-8-21-40)60-57(61-56)50-37-52-49(36-48(50)47-29-17-28-46-45-27-14-16-31-53(45)62-54(46)47)44-26-13-15-30-51(44)58(52,42-22-9-3-10-23-42)43-24-11-4-12-25-43/h1-37H. The van der Waals surface area contributed by atoms with Crippen molar-refractivity contribution in [2.24, 2.45) is 0 Å². The molecule has 2 heterocycles. The largest absolute Gasteiger partial charge is 0.208 e. The Hall–Kier alpha value is -7.79. The van der Waals surface area contributed by atoms with Gasteiger partial charge in [-0.05, 0) is 68.3 Å². The molecule has 0 amide bonds. The summed E-state index contributed by atoms with van der Waals surface area (Å²) in [5.41, 5.74) is 14.1. The molecule has 0 saturated heterocycles. The topological polar surface area (TPSA) is 38.7 Å². The summed E-state index contributed by atoms with van der Waals surface area (Å²) in [5.74, 6) is 1.88. The summed E-state index contributed by atoms with van der Waals surface area (Å²) in [7, 11) is 0. The SMILES string of the molecule is c1ccc(-c2ccc(-c3nc(-c4ccccc4)nc(-c4cc5c(cc4-c4cccc6c4sc4ccccc46)-c4ccccc4C5(c4ccccc4)c4ccccc4)n3)cc2)cc1. The average molecular weight is 808 g/mol. The van der Waals surface area contributed by atoms with Gasteiger partial charge in [-0.2, -0.15) is 0 Å². The fraction of sp³-hybridized carbons (Fsp3) is 0.0172. The van der Waals surface area contributed by atoms with Crippen molar-refractivity contribution in [1.82, 2.24) is 15.0 Å². The van der Waals surface area contributed by atoms with E-state index in [0.717, 1.165) is 33.4 Å². The zero-order valence-corrected chi connectivity index (χ0v) is 34.4. The maximum absolute atomic E-state index is 5.46. The summed E-state index contributed by atoms with van der Waals surface area (Å²) >= 11 is 1.85. The van der Waals surface area contributed by atoms with Gasteiger partial charge in [0.1, 0.15) is 0 Å². The van der Waals surface area contributed by atoms with E-state index in [4.69, 9.17) is 15.0 Å². The van der Waals surface area contributed by atoms with Gasteiger partial charge in [0.25, 0.3) is 0 Å². The van der Waals surface area contributed by atoms with Gasteiger partial charge in [0.15, 0.2) is 17.5 Å². The lowest BCUT2D eigenvalue weighted by atomic mass is 9.67. The minimum Gasteiger partial charge on any atom is -0.208 e. The van der Waals surface area contributed by atoms with Gasteiger partial charge in [0, 0.05) is 42.4 Å². The second-order valence-electron chi connectivity index (χ2n) is 15.9. The van der Waals surface area contributed by atoms with Gasteiger partial charge in [0.05, 0.1) is 5.41 Å². The van der Waals surface area contributed by atoms with Gasteiger partial charge in [-0.1, -0.05) is 206 Å². The molecule has 290 valence electrons. The number of thiophene rings is 1. The fourth-order valence-corrected chi connectivity index (χ4v) is 10.9. The first-order valence-corrected chi connectivity index (χ1v) is 21.8. The smallest absolute Gasteiger partial charge is 0.164 e. The highest BCUT2D eigenvalue weighted by Crippen LogP contribution is 2.58. The minimum atomic E-state index is -0.600. The molecule has 0 saturated carbocycles. The Morgan fingerprint density at radius 1 is 0.306 bits per heavy atom. The molecule has 11 aromatic rings. The van der Waals surface area contributed by atoms with Gasteiger partial charge >= 0.3 is 0 Å². The first-order valence-electron chi connectivity index (χ1n) is 21.0. The van der Waals surface area contributed by atoms with Crippen LogP contribution in [0.3, 0.4) is 0 Å². The molecule has 0 bridgehead atoms. The number of rotatable bonds is 7. The Balaban J connectivity index is 1.18. The van der Waals surface area contributed by atoms with E-state index in [1.165, 1.54) is 59.1 Å². The molecule has 0 aliphatic heterocycles. The van der Waals surface area contributed by atoms with Crippen LogP contribution in [0, 0.1) is 0 Å². The maximum atomic E-state index is 5.46. The van der Waals surface area contributed by atoms with E-state index in [9.17, 15) is 0 Å². The maximum Gasteiger partial charge on any atom is 0.164 e. The lowest BCUT2D eigenvalue weighted by molar-refractivity contribution is 0.768. The van der Waals surface area contributed by atoms with E-state index < -0.39 is 5.41 Å². The molecule has 1 aliphatic carbocycles. The molecular weight excluding hydrogens is 771 g/mol. The van der Waals surface area contributed by atoms with Crippen LogP contribution in [0.25, 0.3) is 87.7 Å². The molecule has 0 N–H and O–H groups in total. The third-order valence-electron chi connectivity index (χ3n) is 12.4. The van der Waals surface area contributed by atoms with E-state index >= 15 is 0 Å². The van der Waals surface area contributed by atoms with Crippen molar-refractivity contribution >= 4 is 31.5 Å². The highest BCUT2D eigenvalue weighted by molar-refractivity contribution is 7.26. The first-order chi connectivity index (χ1) is 30.7. The van der Waals surface area contributed by atoms with Crippen LogP contribution in [0.2, 0.25) is 0 Å². The van der Waals surface area contributed by atoms with Crippen molar-refractivity contribution in [1.29, 1.82) is 0 Å². The summed E-state index contributed by atoms with van der Waals surface area (Å²) in [6.07, 6.45) is 0. The van der Waals surface area contributed by atoms with Crippen LogP contribution in [-0.4, -0.2) is 15.0 Å². The van der Waals surface area contributed by atoms with Gasteiger partial charge < -0.3 is 0 Å². The van der Waals surface area contributed by atoms with Crippen molar-refractivity contribution in [3.63, 3.8) is 0 Å². The van der Waals surface area contributed by atoms with Crippen molar-refractivity contribution in [3.8, 4) is 67.5 Å².